The van der Waals surface area contributed by atoms with Crippen LogP contribution in [-0.4, -0.2) is 14.3 Å². The summed E-state index contributed by atoms with van der Waals surface area (Å²) in [5.74, 6) is -0.110. The van der Waals surface area contributed by atoms with Crippen LogP contribution in [0.5, 0.6) is 0 Å². The predicted molar refractivity (Wildman–Crippen MR) is 97.6 cm³/mol. The summed E-state index contributed by atoms with van der Waals surface area (Å²) >= 11 is 0. The third-order valence-electron chi connectivity index (χ3n) is 3.79. The fraction of sp³-hybridized carbons (Fsp3) is 0.105. The maximum atomic E-state index is 12.8. The second-order valence-electron chi connectivity index (χ2n) is 5.91. The molecule has 0 aliphatic rings. The normalized spacial score (nSPS) is 12.7. The van der Waals surface area contributed by atoms with Gasteiger partial charge in [0, 0.05) is 5.69 Å². The zero-order chi connectivity index (χ0) is 21.1. The Morgan fingerprint density at radius 3 is 2.52 bits per heavy atom. The second kappa shape index (κ2) is 8.00. The molecule has 6 nitrogen and oxygen atoms in total. The van der Waals surface area contributed by atoms with Crippen LogP contribution in [0.3, 0.4) is 0 Å². The van der Waals surface area contributed by atoms with Gasteiger partial charge < -0.3 is 9.52 Å². The van der Waals surface area contributed by atoms with E-state index in [1.165, 1.54) is 30.5 Å². The first-order valence-electron chi connectivity index (χ1n) is 8.19. The van der Waals surface area contributed by atoms with Gasteiger partial charge in [-0.2, -0.15) is 13.2 Å². The van der Waals surface area contributed by atoms with Crippen molar-refractivity contribution in [2.45, 2.75) is 17.6 Å². The summed E-state index contributed by atoms with van der Waals surface area (Å²) in [4.78, 5) is 3.29. The molecule has 0 bridgehead atoms. The highest BCUT2D eigenvalue weighted by atomic mass is 32.2. The van der Waals surface area contributed by atoms with Crippen LogP contribution in [-0.2, 0) is 22.7 Å². The van der Waals surface area contributed by atoms with Crippen LogP contribution in [0.15, 0.2) is 81.2 Å². The highest BCUT2D eigenvalue weighted by molar-refractivity contribution is 7.92. The number of benzene rings is 2. The van der Waals surface area contributed by atoms with E-state index in [0.29, 0.717) is 11.8 Å². The van der Waals surface area contributed by atoms with Crippen LogP contribution in [0.4, 0.5) is 18.9 Å². The van der Waals surface area contributed by atoms with Crippen LogP contribution in [0.25, 0.3) is 0 Å². The van der Waals surface area contributed by atoms with E-state index in [0.717, 1.165) is 18.2 Å². The molecule has 0 amide bonds. The molecular formula is C19H14F3N2O4S-. The monoisotopic (exact) mass is 423 g/mol. The van der Waals surface area contributed by atoms with Crippen molar-refractivity contribution in [2.75, 3.05) is 4.72 Å². The zero-order valence-electron chi connectivity index (χ0n) is 14.7. The number of anilines is 1. The molecule has 0 aliphatic heterocycles. The zero-order valence-corrected chi connectivity index (χ0v) is 15.5. The van der Waals surface area contributed by atoms with Crippen molar-refractivity contribution in [1.29, 1.82) is 0 Å². The number of rotatable bonds is 6. The van der Waals surface area contributed by atoms with Crippen molar-refractivity contribution in [3.8, 4) is 0 Å². The van der Waals surface area contributed by atoms with Gasteiger partial charge in [0.15, 0.2) is 0 Å². The number of alkyl halides is 3. The number of halogens is 3. The molecule has 3 rings (SSSR count). The van der Waals surface area contributed by atoms with E-state index >= 15 is 0 Å². The summed E-state index contributed by atoms with van der Waals surface area (Å²) in [6, 6.07) is 12.2. The first-order chi connectivity index (χ1) is 13.6. The molecule has 0 radical (unpaired) electrons. The average Bonchev–Trinajstić information content (AvgIpc) is 3.19. The Balaban J connectivity index is 1.81. The number of sulfonamides is 1. The molecular weight excluding hydrogens is 409 g/mol. The van der Waals surface area contributed by atoms with Gasteiger partial charge in [-0.25, -0.2) is 8.42 Å². The highest BCUT2D eigenvalue weighted by Gasteiger charge is 2.31. The lowest BCUT2D eigenvalue weighted by Gasteiger charge is -2.14. The minimum Gasteiger partial charge on any atom is -0.858 e. The van der Waals surface area contributed by atoms with Gasteiger partial charge >= 0.3 is 6.18 Å². The Bertz CT molecular complexity index is 1120. The molecule has 1 N–H and O–H groups in total. The van der Waals surface area contributed by atoms with Gasteiger partial charge in [-0.15, -0.1) is 0 Å². The van der Waals surface area contributed by atoms with Crippen molar-refractivity contribution >= 4 is 21.6 Å². The predicted octanol–water partition coefficient (Wildman–Crippen LogP) is 3.41. The SMILES string of the molecule is O=S(=O)(Nc1cccc(C([O-])=NCc2ccco2)c1)c1cccc(C(F)(F)F)c1. The fourth-order valence-electron chi connectivity index (χ4n) is 2.41. The van der Waals surface area contributed by atoms with E-state index in [2.05, 4.69) is 9.71 Å². The summed E-state index contributed by atoms with van der Waals surface area (Å²) in [5, 5.41) is 12.2. The average molecular weight is 423 g/mol. The van der Waals surface area contributed by atoms with E-state index in [4.69, 9.17) is 4.42 Å². The van der Waals surface area contributed by atoms with Crippen molar-refractivity contribution < 1.29 is 31.1 Å². The fourth-order valence-corrected chi connectivity index (χ4v) is 3.51. The molecule has 3 aromatic rings. The molecule has 0 spiro atoms. The van der Waals surface area contributed by atoms with Gasteiger partial charge in [-0.1, -0.05) is 18.2 Å². The lowest BCUT2D eigenvalue weighted by atomic mass is 10.2. The maximum absolute atomic E-state index is 12.8. The molecule has 152 valence electrons. The van der Waals surface area contributed by atoms with Crippen LogP contribution in [0.1, 0.15) is 16.9 Å². The van der Waals surface area contributed by atoms with Gasteiger partial charge in [0.25, 0.3) is 10.0 Å². The Hall–Kier alpha value is -3.27. The van der Waals surface area contributed by atoms with Crippen LogP contribution < -0.4 is 9.83 Å². The molecule has 0 saturated carbocycles. The number of nitrogens with zero attached hydrogens (tertiary/aromatic N) is 1. The third-order valence-corrected chi connectivity index (χ3v) is 5.17. The summed E-state index contributed by atoms with van der Waals surface area (Å²) in [6.07, 6.45) is -3.23. The van der Waals surface area contributed by atoms with E-state index in [9.17, 15) is 26.7 Å². The van der Waals surface area contributed by atoms with Crippen molar-refractivity contribution in [3.63, 3.8) is 0 Å². The summed E-state index contributed by atoms with van der Waals surface area (Å²) < 4.78 is 70.6. The Morgan fingerprint density at radius 1 is 1.07 bits per heavy atom. The third kappa shape index (κ3) is 5.17. The Kier molecular flexibility index (Phi) is 5.64. The molecule has 2 aromatic carbocycles. The molecule has 10 heteroatoms. The van der Waals surface area contributed by atoms with E-state index in [1.54, 1.807) is 12.1 Å². The Labute approximate surface area is 164 Å². The lowest BCUT2D eigenvalue weighted by Crippen LogP contribution is -2.20. The topological polar surface area (TPSA) is 94.7 Å². The minimum absolute atomic E-state index is 0.0152. The molecule has 1 heterocycles. The van der Waals surface area contributed by atoms with Crippen molar-refractivity contribution in [3.05, 3.63) is 83.8 Å². The first-order valence-corrected chi connectivity index (χ1v) is 9.68. The summed E-state index contributed by atoms with van der Waals surface area (Å²) in [5.41, 5.74) is -0.955. The second-order valence-corrected chi connectivity index (χ2v) is 7.60. The first kappa shape index (κ1) is 20.5. The van der Waals surface area contributed by atoms with Gasteiger partial charge in [0.1, 0.15) is 5.76 Å². The van der Waals surface area contributed by atoms with Gasteiger partial charge in [0.05, 0.1) is 23.3 Å². The quantitative estimate of drug-likeness (QED) is 0.486. The summed E-state index contributed by atoms with van der Waals surface area (Å²) in [6.45, 7) is 0.0199. The standard InChI is InChI=1S/C19H15F3N2O4S/c20-19(21,22)14-5-2-8-17(11-14)29(26,27)24-15-6-1-4-13(10-15)18(25)23-12-16-7-3-9-28-16/h1-11,24H,12H2,(H,23,25)/p-1. The molecule has 29 heavy (non-hydrogen) atoms. The van der Waals surface area contributed by atoms with Gasteiger partial charge in [0.2, 0.25) is 0 Å². The van der Waals surface area contributed by atoms with Crippen molar-refractivity contribution in [2.24, 2.45) is 4.99 Å². The number of aliphatic imine (C=N–C) groups is 1. The smallest absolute Gasteiger partial charge is 0.416 e. The molecule has 0 aliphatic carbocycles. The van der Waals surface area contributed by atoms with Gasteiger partial charge in [-0.3, -0.25) is 9.71 Å². The van der Waals surface area contributed by atoms with E-state index < -0.39 is 32.6 Å². The molecule has 0 unspecified atom stereocenters. The summed E-state index contributed by atoms with van der Waals surface area (Å²) in [7, 11) is -4.29. The van der Waals surface area contributed by atoms with Crippen molar-refractivity contribution in [1.82, 2.24) is 0 Å². The van der Waals surface area contributed by atoms with Crippen LogP contribution in [0, 0.1) is 0 Å². The molecule has 0 fully saturated rings. The largest absolute Gasteiger partial charge is 0.858 e. The van der Waals surface area contributed by atoms with Gasteiger partial charge in [-0.05, 0) is 53.9 Å². The number of hydrogen-bond acceptors (Lipinski definition) is 5. The highest BCUT2D eigenvalue weighted by Crippen LogP contribution is 2.30. The number of nitrogens with one attached hydrogen (secondary N) is 1. The number of furan rings is 1. The lowest BCUT2D eigenvalue weighted by molar-refractivity contribution is -0.213. The molecule has 0 atom stereocenters. The maximum Gasteiger partial charge on any atom is 0.416 e. The molecule has 0 saturated heterocycles. The minimum atomic E-state index is -4.67. The van der Waals surface area contributed by atoms with E-state index in [1.807, 2.05) is 0 Å². The van der Waals surface area contributed by atoms with Crippen LogP contribution in [0.2, 0.25) is 0 Å². The van der Waals surface area contributed by atoms with Crippen LogP contribution >= 0.6 is 0 Å². The van der Waals surface area contributed by atoms with E-state index in [-0.39, 0.29) is 17.8 Å². The molecule has 1 aromatic heterocycles. The number of hydrogen-bond donors (Lipinski definition) is 1. The Morgan fingerprint density at radius 2 is 1.83 bits per heavy atom.